The van der Waals surface area contributed by atoms with Gasteiger partial charge in [-0.2, -0.15) is 0 Å². The maximum atomic E-state index is 13.6. The van der Waals surface area contributed by atoms with E-state index in [2.05, 4.69) is 0 Å². The molecule has 4 heteroatoms. The van der Waals surface area contributed by atoms with Crippen molar-refractivity contribution in [3.63, 3.8) is 0 Å². The minimum Gasteiger partial charge on any atom is -0.207 e. The van der Waals surface area contributed by atoms with E-state index in [1.165, 1.54) is 6.42 Å². The third kappa shape index (κ3) is 1.95. The smallest absolute Gasteiger partial charge is 0.161 e. The molecule has 92 valence electrons. The Morgan fingerprint density at radius 2 is 1.53 bits per heavy atom. The van der Waals surface area contributed by atoms with Crippen molar-refractivity contribution in [2.45, 2.75) is 24.6 Å². The number of halogens is 4. The zero-order valence-electron chi connectivity index (χ0n) is 9.10. The molecule has 0 N–H and O–H groups in total. The molecule has 2 aliphatic carbocycles. The summed E-state index contributed by atoms with van der Waals surface area (Å²) in [6, 6.07) is 1.47. The summed E-state index contributed by atoms with van der Waals surface area (Å²) in [4.78, 5) is 0. The third-order valence-electron chi connectivity index (χ3n) is 4.03. The van der Waals surface area contributed by atoms with Crippen molar-refractivity contribution in [1.29, 1.82) is 0 Å². The van der Waals surface area contributed by atoms with Crippen molar-refractivity contribution in [2.24, 2.45) is 17.8 Å². The van der Waals surface area contributed by atoms with Gasteiger partial charge >= 0.3 is 0 Å². The van der Waals surface area contributed by atoms with E-state index in [1.54, 1.807) is 0 Å². The first-order valence-electron chi connectivity index (χ1n) is 5.84. The predicted octanol–water partition coefficient (Wildman–Crippen LogP) is 4.43. The van der Waals surface area contributed by atoms with Crippen LogP contribution in [0.25, 0.3) is 0 Å². The molecule has 3 atom stereocenters. The molecule has 3 rings (SSSR count). The Bertz CT molecular complexity index is 450. The van der Waals surface area contributed by atoms with Crippen LogP contribution in [-0.2, 0) is 0 Å². The van der Waals surface area contributed by atoms with Crippen molar-refractivity contribution in [1.82, 2.24) is 0 Å². The van der Waals surface area contributed by atoms with Gasteiger partial charge in [-0.15, -0.1) is 11.6 Å². The maximum Gasteiger partial charge on any atom is 0.161 e. The fourth-order valence-electron chi connectivity index (χ4n) is 3.00. The topological polar surface area (TPSA) is 0 Å². The average Bonchev–Trinajstić information content (AvgIpc) is 2.90. The highest BCUT2D eigenvalue weighted by molar-refractivity contribution is 6.21. The highest BCUT2D eigenvalue weighted by Crippen LogP contribution is 2.58. The van der Waals surface area contributed by atoms with E-state index in [0.29, 0.717) is 6.07 Å². The van der Waals surface area contributed by atoms with Crippen molar-refractivity contribution in [3.8, 4) is 0 Å². The Kier molecular flexibility index (Phi) is 2.62. The van der Waals surface area contributed by atoms with Gasteiger partial charge in [0.2, 0.25) is 0 Å². The fraction of sp³-hybridized carbons (Fsp3) is 0.538. The molecule has 2 fully saturated rings. The van der Waals surface area contributed by atoms with Crippen molar-refractivity contribution in [2.75, 3.05) is 0 Å². The summed E-state index contributed by atoms with van der Waals surface area (Å²) in [6.45, 7) is 0. The first-order valence-corrected chi connectivity index (χ1v) is 6.28. The average molecular weight is 261 g/mol. The molecule has 0 amide bonds. The summed E-state index contributed by atoms with van der Waals surface area (Å²) in [5, 5.41) is -0.544. The molecule has 1 aromatic rings. The van der Waals surface area contributed by atoms with Crippen LogP contribution in [0.15, 0.2) is 12.1 Å². The molecule has 0 spiro atoms. The van der Waals surface area contributed by atoms with Gasteiger partial charge in [-0.25, -0.2) is 13.2 Å². The highest BCUT2D eigenvalue weighted by Gasteiger charge is 2.48. The number of alkyl halides is 1. The second kappa shape index (κ2) is 3.91. The van der Waals surface area contributed by atoms with Gasteiger partial charge in [0.1, 0.15) is 5.82 Å². The molecule has 2 saturated carbocycles. The van der Waals surface area contributed by atoms with Crippen LogP contribution < -0.4 is 0 Å². The quantitative estimate of drug-likeness (QED) is 0.545. The molecule has 2 aliphatic rings. The molecule has 0 heterocycles. The lowest BCUT2D eigenvalue weighted by molar-refractivity contribution is 0.446. The summed E-state index contributed by atoms with van der Waals surface area (Å²) >= 11 is 6.20. The van der Waals surface area contributed by atoms with Crippen LogP contribution in [0.2, 0.25) is 0 Å². The minimum absolute atomic E-state index is 0.0943. The Morgan fingerprint density at radius 1 is 0.941 bits per heavy atom. The third-order valence-corrected chi connectivity index (χ3v) is 4.62. The van der Waals surface area contributed by atoms with Gasteiger partial charge in [-0.3, -0.25) is 0 Å². The fourth-order valence-corrected chi connectivity index (χ4v) is 3.38. The molecule has 17 heavy (non-hydrogen) atoms. The molecular weight excluding hydrogens is 249 g/mol. The van der Waals surface area contributed by atoms with Gasteiger partial charge < -0.3 is 0 Å². The van der Waals surface area contributed by atoms with E-state index in [9.17, 15) is 13.2 Å². The molecule has 3 unspecified atom stereocenters. The van der Waals surface area contributed by atoms with Crippen molar-refractivity contribution >= 4 is 11.6 Å². The van der Waals surface area contributed by atoms with Gasteiger partial charge in [0, 0.05) is 11.6 Å². The number of benzene rings is 1. The standard InChI is InChI=1S/C13H12ClF3/c14-13(8-2-6-1-7(6)3-8)9-4-11(16)12(17)5-10(9)15/h4-8,13H,1-3H2. The highest BCUT2D eigenvalue weighted by atomic mass is 35.5. The van der Waals surface area contributed by atoms with Crippen LogP contribution in [0.3, 0.4) is 0 Å². The summed E-state index contributed by atoms with van der Waals surface area (Å²) in [5.41, 5.74) is 0.0943. The summed E-state index contributed by atoms with van der Waals surface area (Å²) in [5.74, 6) is -1.28. The van der Waals surface area contributed by atoms with Crippen LogP contribution in [-0.4, -0.2) is 0 Å². The van der Waals surface area contributed by atoms with Crippen LogP contribution in [0.5, 0.6) is 0 Å². The Balaban J connectivity index is 1.85. The zero-order valence-corrected chi connectivity index (χ0v) is 9.85. The van der Waals surface area contributed by atoms with Crippen LogP contribution in [0, 0.1) is 35.2 Å². The van der Waals surface area contributed by atoms with E-state index in [1.807, 2.05) is 0 Å². The van der Waals surface area contributed by atoms with Crippen LogP contribution >= 0.6 is 11.6 Å². The molecule has 0 saturated heterocycles. The number of fused-ring (bicyclic) bond motifs is 1. The second-order valence-corrected chi connectivity index (χ2v) is 5.65. The monoisotopic (exact) mass is 260 g/mol. The summed E-state index contributed by atoms with van der Waals surface area (Å²) < 4.78 is 39.5. The van der Waals surface area contributed by atoms with Crippen LogP contribution in [0.4, 0.5) is 13.2 Å². The lowest BCUT2D eigenvalue weighted by Crippen LogP contribution is -2.09. The van der Waals surface area contributed by atoms with Crippen molar-refractivity contribution < 1.29 is 13.2 Å². The van der Waals surface area contributed by atoms with Gasteiger partial charge in [-0.1, -0.05) is 0 Å². The molecule has 0 aromatic heterocycles. The second-order valence-electron chi connectivity index (χ2n) is 5.18. The molecule has 1 aromatic carbocycles. The van der Waals surface area contributed by atoms with Crippen molar-refractivity contribution in [3.05, 3.63) is 35.1 Å². The molecule has 0 bridgehead atoms. The van der Waals surface area contributed by atoms with Gasteiger partial charge in [0.25, 0.3) is 0 Å². The molecule has 0 radical (unpaired) electrons. The Labute approximate surface area is 103 Å². The maximum absolute atomic E-state index is 13.6. The molecular formula is C13H12ClF3. The molecule has 0 aliphatic heterocycles. The molecule has 0 nitrogen and oxygen atoms in total. The summed E-state index contributed by atoms with van der Waals surface area (Å²) in [6.07, 6.45) is 3.22. The lowest BCUT2D eigenvalue weighted by atomic mass is 9.94. The SMILES string of the molecule is Fc1cc(F)c(C(Cl)C2CC3CC3C2)cc1F. The normalized spacial score (nSPS) is 32.4. The van der Waals surface area contributed by atoms with Gasteiger partial charge in [-0.05, 0) is 43.1 Å². The van der Waals surface area contributed by atoms with E-state index in [0.717, 1.165) is 30.7 Å². The largest absolute Gasteiger partial charge is 0.207 e. The minimum atomic E-state index is -1.16. The van der Waals surface area contributed by atoms with E-state index in [-0.39, 0.29) is 11.5 Å². The lowest BCUT2D eigenvalue weighted by Gasteiger charge is -2.19. The zero-order chi connectivity index (χ0) is 12.2. The van der Waals surface area contributed by atoms with E-state index in [4.69, 9.17) is 11.6 Å². The predicted molar refractivity (Wildman–Crippen MR) is 59.2 cm³/mol. The number of hydrogen-bond donors (Lipinski definition) is 0. The Morgan fingerprint density at radius 3 is 2.18 bits per heavy atom. The van der Waals surface area contributed by atoms with E-state index < -0.39 is 22.8 Å². The van der Waals surface area contributed by atoms with Gasteiger partial charge in [0.15, 0.2) is 11.6 Å². The number of rotatable bonds is 2. The first kappa shape index (κ1) is 11.4. The first-order chi connectivity index (χ1) is 8.06. The number of hydrogen-bond acceptors (Lipinski definition) is 0. The van der Waals surface area contributed by atoms with Crippen LogP contribution in [0.1, 0.15) is 30.2 Å². The summed E-state index contributed by atoms with van der Waals surface area (Å²) in [7, 11) is 0. The van der Waals surface area contributed by atoms with E-state index >= 15 is 0 Å². The Hall–Kier alpha value is -0.700. The van der Waals surface area contributed by atoms with Gasteiger partial charge in [0.05, 0.1) is 5.38 Å².